The van der Waals surface area contributed by atoms with Gasteiger partial charge < -0.3 is 19.7 Å². The Morgan fingerprint density at radius 3 is 2.26 bits per heavy atom. The summed E-state index contributed by atoms with van der Waals surface area (Å²) in [5.41, 5.74) is -0.641. The van der Waals surface area contributed by atoms with E-state index in [9.17, 15) is 18.0 Å². The van der Waals surface area contributed by atoms with Crippen molar-refractivity contribution in [1.29, 1.82) is 0 Å². The molecule has 0 unspecified atom stereocenters. The van der Waals surface area contributed by atoms with Crippen LogP contribution < -0.4 is 5.32 Å². The highest BCUT2D eigenvalue weighted by Gasteiger charge is 2.54. The van der Waals surface area contributed by atoms with Gasteiger partial charge in [0.15, 0.2) is 0 Å². The molecule has 1 aliphatic rings. The minimum Gasteiger partial charge on any atom is -0.465 e. The first kappa shape index (κ1) is 29.6. The number of benzene rings is 1. The number of hydrogen-bond donors (Lipinski definition) is 1. The van der Waals surface area contributed by atoms with Crippen molar-refractivity contribution >= 4 is 45.3 Å². The highest BCUT2D eigenvalue weighted by atomic mass is 35.5. The predicted molar refractivity (Wildman–Crippen MR) is 143 cm³/mol. The van der Waals surface area contributed by atoms with E-state index in [0.29, 0.717) is 30.6 Å². The number of carbonyl (C=O) groups excluding carboxylic acids is 2. The first-order valence-corrected chi connectivity index (χ1v) is 14.0. The zero-order chi connectivity index (χ0) is 28.3. The topological polar surface area (TPSA) is 131 Å². The molecule has 0 radical (unpaired) electrons. The van der Waals surface area contributed by atoms with Gasteiger partial charge in [0.05, 0.1) is 23.5 Å². The maximum absolute atomic E-state index is 13.3. The van der Waals surface area contributed by atoms with Crippen molar-refractivity contribution < 1.29 is 27.5 Å². The second-order valence-electron chi connectivity index (χ2n) is 10.2. The number of likely N-dealkylation sites (N-methyl/N-ethyl adjacent to an activating group) is 1. The van der Waals surface area contributed by atoms with Crippen LogP contribution in [0, 0.1) is 0 Å². The fourth-order valence-electron chi connectivity index (χ4n) is 3.60. The summed E-state index contributed by atoms with van der Waals surface area (Å²) in [5.74, 6) is -0.163. The first-order chi connectivity index (χ1) is 17.7. The highest BCUT2D eigenvalue weighted by Crippen LogP contribution is 2.51. The van der Waals surface area contributed by atoms with E-state index in [0.717, 1.165) is 4.31 Å². The van der Waals surface area contributed by atoms with Crippen LogP contribution in [0.25, 0.3) is 0 Å². The molecule has 1 N–H and O–H groups in total. The molecule has 1 saturated carbocycles. The Morgan fingerprint density at radius 1 is 1.13 bits per heavy atom. The van der Waals surface area contributed by atoms with Gasteiger partial charge in [-0.3, -0.25) is 4.79 Å². The van der Waals surface area contributed by atoms with Gasteiger partial charge in [-0.2, -0.15) is 4.31 Å². The Bertz CT molecular complexity index is 1270. The summed E-state index contributed by atoms with van der Waals surface area (Å²) in [6, 6.07) is 5.80. The average Bonchev–Trinajstić information content (AvgIpc) is 3.60. The van der Waals surface area contributed by atoms with Crippen LogP contribution in [0.1, 0.15) is 46.1 Å². The lowest BCUT2D eigenvalue weighted by molar-refractivity contribution is -0.146. The summed E-state index contributed by atoms with van der Waals surface area (Å²) < 4.78 is 37.9. The normalized spacial score (nSPS) is 14.6. The van der Waals surface area contributed by atoms with Crippen molar-refractivity contribution in [3.63, 3.8) is 0 Å². The fourth-order valence-corrected chi connectivity index (χ4v) is 5.20. The van der Waals surface area contributed by atoms with Crippen LogP contribution >= 0.6 is 11.6 Å². The number of rotatable bonds is 10. The van der Waals surface area contributed by atoms with Crippen LogP contribution in [0.2, 0.25) is 5.15 Å². The lowest BCUT2D eigenvalue weighted by Crippen LogP contribution is -2.43. The Hall–Kier alpha value is -2.96. The molecule has 1 aromatic carbocycles. The highest BCUT2D eigenvalue weighted by molar-refractivity contribution is 7.89. The van der Waals surface area contributed by atoms with Gasteiger partial charge in [-0.05, 0) is 78.9 Å². The lowest BCUT2D eigenvalue weighted by Gasteiger charge is -2.27. The van der Waals surface area contributed by atoms with E-state index in [4.69, 9.17) is 21.1 Å². The van der Waals surface area contributed by atoms with E-state index in [1.54, 1.807) is 46.7 Å². The average molecular weight is 568 g/mol. The molecule has 1 aliphatic carbocycles. The summed E-state index contributed by atoms with van der Waals surface area (Å²) in [7, 11) is -0.624. The number of aromatic nitrogens is 2. The number of amides is 1. The minimum atomic E-state index is -4.18. The second-order valence-corrected chi connectivity index (χ2v) is 12.4. The molecular formula is C25H34ClN5O6S. The Kier molecular flexibility index (Phi) is 8.89. The molecule has 1 heterocycles. The van der Waals surface area contributed by atoms with E-state index in [1.807, 2.05) is 0 Å². The number of anilines is 2. The Balaban J connectivity index is 1.78. The number of sulfonamides is 1. The number of halogens is 1. The molecule has 0 aliphatic heterocycles. The van der Waals surface area contributed by atoms with E-state index in [2.05, 4.69) is 15.3 Å². The van der Waals surface area contributed by atoms with Gasteiger partial charge in [0.2, 0.25) is 5.95 Å². The Labute approximate surface area is 228 Å². The zero-order valence-electron chi connectivity index (χ0n) is 22.4. The monoisotopic (exact) mass is 567 g/mol. The van der Waals surface area contributed by atoms with Crippen molar-refractivity contribution in [1.82, 2.24) is 19.2 Å². The van der Waals surface area contributed by atoms with Crippen LogP contribution in [-0.4, -0.2) is 79.0 Å². The summed E-state index contributed by atoms with van der Waals surface area (Å²) in [5, 5.41) is 3.11. The van der Waals surface area contributed by atoms with Gasteiger partial charge >= 0.3 is 12.1 Å². The SMILES string of the molecule is CCOC(=O)C1(c2cnc(Nc3ccc(S(=O)(=O)N(CCN(C)C)C(=O)OC(C)(C)C)cc3)nc2Cl)CC1. The van der Waals surface area contributed by atoms with E-state index in [1.165, 1.54) is 30.5 Å². The quantitative estimate of drug-likeness (QED) is 0.332. The summed E-state index contributed by atoms with van der Waals surface area (Å²) >= 11 is 6.38. The summed E-state index contributed by atoms with van der Waals surface area (Å²) in [4.78, 5) is 35.3. The molecule has 1 amide bonds. The number of ether oxygens (including phenoxy) is 2. The van der Waals surface area contributed by atoms with Gasteiger partial charge in [0.25, 0.3) is 10.0 Å². The molecule has 13 heteroatoms. The number of hydrogen-bond acceptors (Lipinski definition) is 10. The van der Waals surface area contributed by atoms with Gasteiger partial charge in [-0.25, -0.2) is 23.2 Å². The molecule has 208 valence electrons. The van der Waals surface area contributed by atoms with E-state index < -0.39 is 27.1 Å². The molecule has 0 spiro atoms. The largest absolute Gasteiger partial charge is 0.465 e. The third kappa shape index (κ3) is 6.91. The standard InChI is InChI=1S/C25H34ClN5O6S/c1-7-36-21(32)25(12-13-25)19-16-27-22(29-20(19)26)28-17-8-10-18(11-9-17)38(34,35)31(15-14-30(5)6)23(33)37-24(2,3)4/h8-11,16H,7,12-15H2,1-6H3,(H,27,28,29). The summed E-state index contributed by atoms with van der Waals surface area (Å²) in [6.45, 7) is 7.28. The van der Waals surface area contributed by atoms with Crippen molar-refractivity contribution in [2.45, 2.75) is 56.4 Å². The minimum absolute atomic E-state index is 0.0732. The molecule has 1 aromatic heterocycles. The van der Waals surface area contributed by atoms with E-state index >= 15 is 0 Å². The number of nitrogens with one attached hydrogen (secondary N) is 1. The second kappa shape index (κ2) is 11.4. The van der Waals surface area contributed by atoms with Crippen molar-refractivity contribution in [3.8, 4) is 0 Å². The van der Waals surface area contributed by atoms with Crippen LogP contribution in [0.4, 0.5) is 16.4 Å². The van der Waals surface area contributed by atoms with Gasteiger partial charge in [0.1, 0.15) is 10.8 Å². The van der Waals surface area contributed by atoms with Crippen molar-refractivity contribution in [2.24, 2.45) is 0 Å². The molecule has 2 aromatic rings. The zero-order valence-corrected chi connectivity index (χ0v) is 24.0. The van der Waals surface area contributed by atoms with Crippen LogP contribution in [0.3, 0.4) is 0 Å². The molecule has 0 saturated heterocycles. The van der Waals surface area contributed by atoms with Gasteiger partial charge in [0, 0.05) is 24.0 Å². The maximum Gasteiger partial charge on any atom is 0.424 e. The van der Waals surface area contributed by atoms with Gasteiger partial charge in [-0.1, -0.05) is 11.6 Å². The molecule has 11 nitrogen and oxygen atoms in total. The molecule has 38 heavy (non-hydrogen) atoms. The summed E-state index contributed by atoms with van der Waals surface area (Å²) in [6.07, 6.45) is 1.80. The maximum atomic E-state index is 13.3. The van der Waals surface area contributed by atoms with Crippen LogP contribution in [0.5, 0.6) is 0 Å². The molecule has 0 bridgehead atoms. The molecule has 1 fully saturated rings. The number of nitrogens with zero attached hydrogens (tertiary/aromatic N) is 4. The molecule has 3 rings (SSSR count). The fraction of sp³-hybridized carbons (Fsp3) is 0.520. The lowest BCUT2D eigenvalue weighted by atomic mass is 9.99. The third-order valence-electron chi connectivity index (χ3n) is 5.72. The van der Waals surface area contributed by atoms with Crippen LogP contribution in [0.15, 0.2) is 35.4 Å². The first-order valence-electron chi connectivity index (χ1n) is 12.2. The smallest absolute Gasteiger partial charge is 0.424 e. The molecular weight excluding hydrogens is 534 g/mol. The number of esters is 1. The molecule has 0 atom stereocenters. The van der Waals surface area contributed by atoms with E-state index in [-0.39, 0.29) is 35.1 Å². The van der Waals surface area contributed by atoms with Crippen molar-refractivity contribution in [2.75, 3.05) is 39.1 Å². The number of carbonyl (C=O) groups is 2. The van der Waals surface area contributed by atoms with Crippen LogP contribution in [-0.2, 0) is 29.7 Å². The predicted octanol–water partition coefficient (Wildman–Crippen LogP) is 3.96. The third-order valence-corrected chi connectivity index (χ3v) is 7.79. The Morgan fingerprint density at radius 2 is 1.76 bits per heavy atom. The van der Waals surface area contributed by atoms with Crippen molar-refractivity contribution in [3.05, 3.63) is 41.2 Å². The van der Waals surface area contributed by atoms with Gasteiger partial charge in [-0.15, -0.1) is 0 Å².